The normalized spacial score (nSPS) is 9.44. The van der Waals surface area contributed by atoms with Crippen molar-refractivity contribution in [1.29, 1.82) is 0 Å². The summed E-state index contributed by atoms with van der Waals surface area (Å²) in [4.78, 5) is 9.77. The number of aliphatic hydroxyl groups excluding tert-OH is 1. The van der Waals surface area contributed by atoms with Crippen molar-refractivity contribution in [2.75, 3.05) is 18.1 Å². The molecule has 0 heterocycles. The zero-order valence-corrected chi connectivity index (χ0v) is 6.71. The molecule has 1 N–H and O–H groups in total. The number of rotatable bonds is 6. The Morgan fingerprint density at radius 3 is 2.56 bits per heavy atom. The van der Waals surface area contributed by atoms with Gasteiger partial charge in [-0.1, -0.05) is 21.6 Å². The molecule has 0 aliphatic rings. The Labute approximate surface area is 62.8 Å². The van der Waals surface area contributed by atoms with Gasteiger partial charge in [0, 0.05) is 17.9 Å². The number of aldehydes is 1. The number of aliphatic hydroxyl groups is 1. The second kappa shape index (κ2) is 8.33. The molecule has 0 aromatic carbocycles. The van der Waals surface area contributed by atoms with Crippen molar-refractivity contribution in [2.45, 2.75) is 6.42 Å². The van der Waals surface area contributed by atoms with E-state index < -0.39 is 0 Å². The Balaban J connectivity index is 2.66. The maximum Gasteiger partial charge on any atom is 0.120 e. The van der Waals surface area contributed by atoms with Gasteiger partial charge in [-0.2, -0.15) is 0 Å². The number of hydrogen-bond donors (Lipinski definition) is 1. The quantitative estimate of drug-likeness (QED) is 0.362. The number of carbonyl (C=O) groups excluding carboxylic acids is 1. The lowest BCUT2D eigenvalue weighted by molar-refractivity contribution is -0.107. The van der Waals surface area contributed by atoms with Crippen LogP contribution in [0.5, 0.6) is 0 Å². The second-order valence-corrected chi connectivity index (χ2v) is 4.03. The molecule has 0 aliphatic carbocycles. The molecule has 0 bridgehead atoms. The zero-order chi connectivity index (χ0) is 6.95. The van der Waals surface area contributed by atoms with Gasteiger partial charge in [-0.25, -0.2) is 0 Å². The molecular formula is C5H10O2S2. The first-order chi connectivity index (χ1) is 4.41. The highest BCUT2D eigenvalue weighted by atomic mass is 33.1. The van der Waals surface area contributed by atoms with Gasteiger partial charge in [0.2, 0.25) is 0 Å². The van der Waals surface area contributed by atoms with Gasteiger partial charge in [0.25, 0.3) is 0 Å². The molecule has 0 unspecified atom stereocenters. The van der Waals surface area contributed by atoms with Gasteiger partial charge in [-0.3, -0.25) is 0 Å². The summed E-state index contributed by atoms with van der Waals surface area (Å²) in [7, 11) is 3.23. The fraction of sp³-hybridized carbons (Fsp3) is 0.800. The molecule has 0 aromatic rings. The SMILES string of the molecule is O=CCCSSCCO. The minimum Gasteiger partial charge on any atom is -0.395 e. The van der Waals surface area contributed by atoms with E-state index in [2.05, 4.69) is 0 Å². The topological polar surface area (TPSA) is 37.3 Å². The van der Waals surface area contributed by atoms with E-state index in [9.17, 15) is 4.79 Å². The molecule has 4 heteroatoms. The summed E-state index contributed by atoms with van der Waals surface area (Å²) in [5.74, 6) is 1.61. The molecule has 0 spiro atoms. The average molecular weight is 166 g/mol. The maximum absolute atomic E-state index is 9.77. The molecule has 0 aliphatic heterocycles. The van der Waals surface area contributed by atoms with Crippen molar-refractivity contribution in [3.63, 3.8) is 0 Å². The van der Waals surface area contributed by atoms with E-state index in [-0.39, 0.29) is 6.61 Å². The Bertz CT molecular complexity index is 68.0. The summed E-state index contributed by atoms with van der Waals surface area (Å²) in [6, 6.07) is 0. The first kappa shape index (κ1) is 9.33. The van der Waals surface area contributed by atoms with Crippen molar-refractivity contribution >= 4 is 27.9 Å². The third kappa shape index (κ3) is 8.33. The van der Waals surface area contributed by atoms with E-state index in [0.29, 0.717) is 6.42 Å². The number of carbonyl (C=O) groups is 1. The molecular weight excluding hydrogens is 156 g/mol. The molecule has 0 radical (unpaired) electrons. The molecule has 0 aromatic heterocycles. The highest BCUT2D eigenvalue weighted by Gasteiger charge is 1.86. The molecule has 54 valence electrons. The van der Waals surface area contributed by atoms with Gasteiger partial charge in [0.1, 0.15) is 6.29 Å². The van der Waals surface area contributed by atoms with Crippen LogP contribution in [0.2, 0.25) is 0 Å². The van der Waals surface area contributed by atoms with Crippen LogP contribution in [0.4, 0.5) is 0 Å². The third-order valence-electron chi connectivity index (χ3n) is 0.577. The van der Waals surface area contributed by atoms with Crippen LogP contribution in [-0.4, -0.2) is 29.5 Å². The summed E-state index contributed by atoms with van der Waals surface area (Å²) >= 11 is 0. The molecule has 0 atom stereocenters. The minimum absolute atomic E-state index is 0.221. The maximum atomic E-state index is 9.77. The van der Waals surface area contributed by atoms with Crippen LogP contribution in [0.25, 0.3) is 0 Å². The standard InChI is InChI=1S/C5H10O2S2/c6-2-1-4-8-9-5-3-7/h2,7H,1,3-5H2. The van der Waals surface area contributed by atoms with E-state index in [1.807, 2.05) is 0 Å². The molecule has 0 rings (SSSR count). The van der Waals surface area contributed by atoms with Gasteiger partial charge >= 0.3 is 0 Å². The summed E-state index contributed by atoms with van der Waals surface area (Å²) in [5, 5.41) is 8.32. The van der Waals surface area contributed by atoms with Crippen LogP contribution in [0, 0.1) is 0 Å². The van der Waals surface area contributed by atoms with Gasteiger partial charge in [0.05, 0.1) is 6.61 Å². The molecule has 0 saturated carbocycles. The van der Waals surface area contributed by atoms with E-state index in [1.165, 1.54) is 0 Å². The zero-order valence-electron chi connectivity index (χ0n) is 5.08. The summed E-state index contributed by atoms with van der Waals surface area (Å²) < 4.78 is 0. The Morgan fingerprint density at radius 1 is 1.33 bits per heavy atom. The lowest BCUT2D eigenvalue weighted by atomic mass is 10.6. The summed E-state index contributed by atoms with van der Waals surface area (Å²) in [5.41, 5.74) is 0. The number of hydrogen-bond acceptors (Lipinski definition) is 4. The van der Waals surface area contributed by atoms with Crippen LogP contribution in [0.15, 0.2) is 0 Å². The summed E-state index contributed by atoms with van der Waals surface area (Å²) in [6.07, 6.45) is 1.52. The lowest BCUT2D eigenvalue weighted by Crippen LogP contribution is -1.83. The smallest absolute Gasteiger partial charge is 0.120 e. The highest BCUT2D eigenvalue weighted by molar-refractivity contribution is 8.76. The molecule has 9 heavy (non-hydrogen) atoms. The van der Waals surface area contributed by atoms with Crippen molar-refractivity contribution < 1.29 is 9.90 Å². The molecule has 0 amide bonds. The molecule has 0 fully saturated rings. The largest absolute Gasteiger partial charge is 0.395 e. The molecule has 2 nitrogen and oxygen atoms in total. The monoisotopic (exact) mass is 166 g/mol. The Morgan fingerprint density at radius 2 is 2.00 bits per heavy atom. The van der Waals surface area contributed by atoms with Gasteiger partial charge < -0.3 is 9.90 Å². The summed E-state index contributed by atoms with van der Waals surface area (Å²) in [6.45, 7) is 0.221. The van der Waals surface area contributed by atoms with Crippen LogP contribution in [-0.2, 0) is 4.79 Å². The van der Waals surface area contributed by atoms with E-state index >= 15 is 0 Å². The van der Waals surface area contributed by atoms with Crippen molar-refractivity contribution in [2.24, 2.45) is 0 Å². The van der Waals surface area contributed by atoms with Crippen molar-refractivity contribution in [3.05, 3.63) is 0 Å². The van der Waals surface area contributed by atoms with E-state index in [0.717, 1.165) is 17.8 Å². The fourth-order valence-electron chi connectivity index (χ4n) is 0.251. The second-order valence-electron chi connectivity index (χ2n) is 1.32. The Hall–Kier alpha value is 0.330. The first-order valence-corrected chi connectivity index (χ1v) is 5.19. The van der Waals surface area contributed by atoms with Crippen LogP contribution < -0.4 is 0 Å². The van der Waals surface area contributed by atoms with Gasteiger partial charge in [0.15, 0.2) is 0 Å². The van der Waals surface area contributed by atoms with Crippen LogP contribution >= 0.6 is 21.6 Å². The van der Waals surface area contributed by atoms with Gasteiger partial charge in [-0.15, -0.1) is 0 Å². The van der Waals surface area contributed by atoms with Crippen LogP contribution in [0.1, 0.15) is 6.42 Å². The predicted molar refractivity (Wildman–Crippen MR) is 42.7 cm³/mol. The average Bonchev–Trinajstić information content (AvgIpc) is 1.89. The fourth-order valence-corrected chi connectivity index (χ4v) is 1.97. The van der Waals surface area contributed by atoms with Gasteiger partial charge in [-0.05, 0) is 0 Å². The van der Waals surface area contributed by atoms with Crippen LogP contribution in [0.3, 0.4) is 0 Å². The first-order valence-electron chi connectivity index (χ1n) is 2.70. The predicted octanol–water partition coefficient (Wildman–Crippen LogP) is 0.949. The van der Waals surface area contributed by atoms with Crippen molar-refractivity contribution in [1.82, 2.24) is 0 Å². The minimum atomic E-state index is 0.221. The van der Waals surface area contributed by atoms with E-state index in [1.54, 1.807) is 21.6 Å². The third-order valence-corrected chi connectivity index (χ3v) is 3.00. The highest BCUT2D eigenvalue weighted by Crippen LogP contribution is 2.20. The Kier molecular flexibility index (Phi) is 8.64. The van der Waals surface area contributed by atoms with Crippen molar-refractivity contribution in [3.8, 4) is 0 Å². The van der Waals surface area contributed by atoms with E-state index in [4.69, 9.17) is 5.11 Å². The molecule has 0 saturated heterocycles. The lowest BCUT2D eigenvalue weighted by Gasteiger charge is -1.92.